The first-order valence-corrected chi connectivity index (χ1v) is 5.44. The smallest absolute Gasteiger partial charge is 0.358 e. The van der Waals surface area contributed by atoms with Crippen LogP contribution in [0, 0.1) is 0 Å². The fourth-order valence-corrected chi connectivity index (χ4v) is 2.40. The third-order valence-electron chi connectivity index (χ3n) is 1.62. The fraction of sp³-hybridized carbons (Fsp3) is 0. The van der Waals surface area contributed by atoms with Gasteiger partial charge in [-0.25, -0.2) is 0 Å². The van der Waals surface area contributed by atoms with Crippen LogP contribution in [-0.2, 0) is 11.4 Å². The first-order valence-electron chi connectivity index (χ1n) is 3.53. The second kappa shape index (κ2) is 3.45. The summed E-state index contributed by atoms with van der Waals surface area (Å²) in [5, 5.41) is 4.26. The molecule has 1 atom stereocenters. The summed E-state index contributed by atoms with van der Waals surface area (Å²) in [7, 11) is 0. The quantitative estimate of drug-likeness (QED) is 0.781. The predicted molar refractivity (Wildman–Crippen MR) is 53.2 cm³/mol. The number of fused-ring (bicyclic) bond motifs is 1. The Morgan fingerprint density at radius 1 is 1.38 bits per heavy atom. The van der Waals surface area contributed by atoms with Crippen molar-refractivity contribution in [2.75, 3.05) is 0 Å². The van der Waals surface area contributed by atoms with Crippen LogP contribution in [0.1, 0.15) is 0 Å². The van der Waals surface area contributed by atoms with Gasteiger partial charge < -0.3 is 4.18 Å². The van der Waals surface area contributed by atoms with E-state index in [1.807, 2.05) is 29.6 Å². The molecule has 0 saturated carbocycles. The van der Waals surface area contributed by atoms with Gasteiger partial charge in [-0.2, -0.15) is 4.21 Å². The molecule has 13 heavy (non-hydrogen) atoms. The van der Waals surface area contributed by atoms with Gasteiger partial charge in [-0.1, -0.05) is 18.2 Å². The molecular formula is C8H6O3S2. The summed E-state index contributed by atoms with van der Waals surface area (Å²) in [4.78, 5) is 0. The summed E-state index contributed by atoms with van der Waals surface area (Å²) >= 11 is -0.925. The zero-order valence-electron chi connectivity index (χ0n) is 6.47. The topological polar surface area (TPSA) is 46.5 Å². The summed E-state index contributed by atoms with van der Waals surface area (Å²) in [5.74, 6) is 0. The molecule has 0 radical (unpaired) electrons. The number of rotatable bonds is 2. The Hall–Kier alpha value is -0.910. The molecule has 0 aliphatic heterocycles. The Kier molecular flexibility index (Phi) is 2.30. The third-order valence-corrected chi connectivity index (χ3v) is 2.92. The molecule has 1 N–H and O–H groups in total. The van der Waals surface area contributed by atoms with E-state index in [2.05, 4.69) is 0 Å². The Morgan fingerprint density at radius 3 is 2.92 bits per heavy atom. The highest BCUT2D eigenvalue weighted by atomic mass is 32.2. The van der Waals surface area contributed by atoms with E-state index in [1.54, 1.807) is 0 Å². The van der Waals surface area contributed by atoms with Crippen molar-refractivity contribution in [1.82, 2.24) is 0 Å². The third kappa shape index (κ3) is 1.72. The van der Waals surface area contributed by atoms with E-state index in [0.717, 1.165) is 10.8 Å². The van der Waals surface area contributed by atoms with E-state index in [9.17, 15) is 4.21 Å². The molecule has 0 amide bonds. The number of hydrogen-bond donors (Lipinski definition) is 1. The van der Waals surface area contributed by atoms with Crippen molar-refractivity contribution >= 4 is 33.5 Å². The maximum atomic E-state index is 10.4. The van der Waals surface area contributed by atoms with Gasteiger partial charge in [0.2, 0.25) is 5.06 Å². The van der Waals surface area contributed by atoms with Crippen molar-refractivity contribution < 1.29 is 12.9 Å². The van der Waals surface area contributed by atoms with Crippen LogP contribution in [-0.4, -0.2) is 8.76 Å². The lowest BCUT2D eigenvalue weighted by Crippen LogP contribution is -1.95. The maximum absolute atomic E-state index is 10.4. The molecule has 5 heteroatoms. The van der Waals surface area contributed by atoms with Crippen LogP contribution in [0.15, 0.2) is 29.6 Å². The molecule has 1 unspecified atom stereocenters. The maximum Gasteiger partial charge on any atom is 0.358 e. The van der Waals surface area contributed by atoms with Crippen molar-refractivity contribution in [2.24, 2.45) is 0 Å². The molecular weight excluding hydrogens is 208 g/mol. The Bertz CT molecular complexity index is 449. The van der Waals surface area contributed by atoms with Crippen molar-refractivity contribution in [3.8, 4) is 5.06 Å². The molecule has 3 nitrogen and oxygen atoms in total. The second-order valence-electron chi connectivity index (χ2n) is 2.41. The van der Waals surface area contributed by atoms with E-state index in [4.69, 9.17) is 8.74 Å². The molecule has 1 heterocycles. The molecule has 0 aliphatic carbocycles. The summed E-state index contributed by atoms with van der Waals surface area (Å²) < 4.78 is 23.7. The SMILES string of the molecule is O=S(O)Oc1scc2ccccc12. The van der Waals surface area contributed by atoms with Crippen LogP contribution in [0.3, 0.4) is 0 Å². The lowest BCUT2D eigenvalue weighted by Gasteiger charge is -1.95. The average molecular weight is 214 g/mol. The average Bonchev–Trinajstić information content (AvgIpc) is 2.48. The number of hydrogen-bond acceptors (Lipinski definition) is 3. The summed E-state index contributed by atoms with van der Waals surface area (Å²) in [6.07, 6.45) is 0. The first kappa shape index (κ1) is 8.68. The van der Waals surface area contributed by atoms with Crippen molar-refractivity contribution in [3.05, 3.63) is 29.6 Å². The monoisotopic (exact) mass is 214 g/mol. The zero-order valence-corrected chi connectivity index (χ0v) is 8.10. The first-order chi connectivity index (χ1) is 6.27. The van der Waals surface area contributed by atoms with Crippen LogP contribution in [0.25, 0.3) is 10.8 Å². The highest BCUT2D eigenvalue weighted by molar-refractivity contribution is 7.74. The van der Waals surface area contributed by atoms with Gasteiger partial charge in [0.05, 0.1) is 0 Å². The highest BCUT2D eigenvalue weighted by Gasteiger charge is 2.06. The van der Waals surface area contributed by atoms with E-state index in [-0.39, 0.29) is 0 Å². The number of benzene rings is 1. The van der Waals surface area contributed by atoms with Gasteiger partial charge in [-0.05, 0) is 11.5 Å². The summed E-state index contributed by atoms with van der Waals surface area (Å²) in [5.41, 5.74) is 0. The van der Waals surface area contributed by atoms with Crippen molar-refractivity contribution in [2.45, 2.75) is 0 Å². The van der Waals surface area contributed by atoms with Crippen LogP contribution in [0.5, 0.6) is 5.06 Å². The van der Waals surface area contributed by atoms with Gasteiger partial charge >= 0.3 is 11.4 Å². The molecule has 2 aromatic rings. The summed E-state index contributed by atoms with van der Waals surface area (Å²) in [6.45, 7) is 0. The minimum atomic E-state index is -2.24. The van der Waals surface area contributed by atoms with Gasteiger partial charge in [-0.3, -0.25) is 4.55 Å². The standard InChI is InChI=1S/C8H6O3S2/c9-13(10)11-8-7-4-2-1-3-6(7)5-12-8/h1-5H,(H,9,10). The van der Waals surface area contributed by atoms with Gasteiger partial charge in [0.25, 0.3) is 0 Å². The largest absolute Gasteiger partial charge is 0.368 e. The lowest BCUT2D eigenvalue weighted by atomic mass is 10.2. The van der Waals surface area contributed by atoms with E-state index in [1.165, 1.54) is 11.3 Å². The van der Waals surface area contributed by atoms with Crippen LogP contribution >= 0.6 is 11.3 Å². The fourth-order valence-electron chi connectivity index (χ4n) is 1.10. The van der Waals surface area contributed by atoms with E-state index in [0.29, 0.717) is 5.06 Å². The van der Waals surface area contributed by atoms with Crippen molar-refractivity contribution in [1.29, 1.82) is 0 Å². The molecule has 0 saturated heterocycles. The van der Waals surface area contributed by atoms with Gasteiger partial charge in [0.15, 0.2) is 0 Å². The molecule has 1 aromatic carbocycles. The molecule has 0 fully saturated rings. The van der Waals surface area contributed by atoms with Crippen LogP contribution in [0.2, 0.25) is 0 Å². The zero-order chi connectivity index (χ0) is 9.26. The molecule has 68 valence electrons. The Labute approximate surface area is 81.5 Å². The Balaban J connectivity index is 2.51. The minimum Gasteiger partial charge on any atom is -0.368 e. The second-order valence-corrected chi connectivity index (χ2v) is 3.85. The highest BCUT2D eigenvalue weighted by Crippen LogP contribution is 2.32. The van der Waals surface area contributed by atoms with Gasteiger partial charge in [0, 0.05) is 10.8 Å². The van der Waals surface area contributed by atoms with Crippen LogP contribution < -0.4 is 4.18 Å². The minimum absolute atomic E-state index is 0.483. The molecule has 2 rings (SSSR count). The number of thiophene rings is 1. The van der Waals surface area contributed by atoms with Gasteiger partial charge in [0.1, 0.15) is 0 Å². The predicted octanol–water partition coefficient (Wildman–Crippen LogP) is 2.42. The lowest BCUT2D eigenvalue weighted by molar-refractivity contribution is 0.465. The van der Waals surface area contributed by atoms with Gasteiger partial charge in [-0.15, -0.1) is 11.3 Å². The van der Waals surface area contributed by atoms with Crippen LogP contribution in [0.4, 0.5) is 0 Å². The normalized spacial score (nSPS) is 13.0. The van der Waals surface area contributed by atoms with E-state index < -0.39 is 11.4 Å². The van der Waals surface area contributed by atoms with E-state index >= 15 is 0 Å². The molecule has 0 spiro atoms. The Morgan fingerprint density at radius 2 is 2.15 bits per heavy atom. The van der Waals surface area contributed by atoms with Crippen molar-refractivity contribution in [3.63, 3.8) is 0 Å². The molecule has 0 aliphatic rings. The summed E-state index contributed by atoms with van der Waals surface area (Å²) in [6, 6.07) is 7.56. The molecule has 1 aromatic heterocycles. The molecule has 0 bridgehead atoms.